The first-order valence-corrected chi connectivity index (χ1v) is 23.2. The number of hydrogen-bond donors (Lipinski definition) is 7. The van der Waals surface area contributed by atoms with Crippen LogP contribution in [-0.2, 0) is 41.3 Å². The molecule has 4 aliphatic rings. The van der Waals surface area contributed by atoms with Crippen LogP contribution in [0.3, 0.4) is 0 Å². The normalized spacial score (nSPS) is 21.7. The van der Waals surface area contributed by atoms with E-state index in [0.29, 0.717) is 48.7 Å². The van der Waals surface area contributed by atoms with Crippen LogP contribution in [0.4, 0.5) is 11.4 Å². The van der Waals surface area contributed by atoms with Gasteiger partial charge in [0.15, 0.2) is 0 Å². The Kier molecular flexibility index (Phi) is 13.1. The molecule has 0 aromatic heterocycles. The van der Waals surface area contributed by atoms with Gasteiger partial charge in [0.2, 0.25) is 11.8 Å². The lowest BCUT2D eigenvalue weighted by molar-refractivity contribution is -0.124. The van der Waals surface area contributed by atoms with Crippen LogP contribution >= 0.6 is 11.8 Å². The quantitative estimate of drug-likeness (QED) is 0.0301. The molecule has 0 saturated heterocycles. The van der Waals surface area contributed by atoms with Crippen molar-refractivity contribution in [1.82, 2.24) is 10.6 Å². The van der Waals surface area contributed by atoms with Crippen LogP contribution in [0.5, 0.6) is 0 Å². The number of fused-ring (bicyclic) bond motifs is 2. The predicted octanol–water partition coefficient (Wildman–Crippen LogP) is 7.14. The number of nitrogen functional groups attached to an aromatic ring is 2. The van der Waals surface area contributed by atoms with E-state index in [-0.39, 0.29) is 53.7 Å². The maximum absolute atomic E-state index is 14.0. The smallest absolute Gasteiger partial charge is 0.243 e. The van der Waals surface area contributed by atoms with E-state index >= 15 is 0 Å². The van der Waals surface area contributed by atoms with Crippen molar-refractivity contribution in [2.24, 2.45) is 17.2 Å². The zero-order valence-corrected chi connectivity index (χ0v) is 36.8. The summed E-state index contributed by atoms with van der Waals surface area (Å²) >= 11 is 1.68. The molecule has 324 valence electrons. The predicted molar refractivity (Wildman–Crippen MR) is 252 cm³/mol. The van der Waals surface area contributed by atoms with E-state index in [2.05, 4.69) is 101 Å². The number of anilines is 2. The van der Waals surface area contributed by atoms with Gasteiger partial charge in [-0.3, -0.25) is 20.4 Å². The van der Waals surface area contributed by atoms with Crippen LogP contribution in [0.1, 0.15) is 109 Å². The van der Waals surface area contributed by atoms with E-state index < -0.39 is 0 Å². The molecule has 8 rings (SSSR count). The lowest BCUT2D eigenvalue weighted by atomic mass is 9.91. The van der Waals surface area contributed by atoms with Gasteiger partial charge in [0.1, 0.15) is 23.8 Å². The highest BCUT2D eigenvalue weighted by Gasteiger charge is 2.38. The summed E-state index contributed by atoms with van der Waals surface area (Å²) in [5, 5.41) is 23.4. The summed E-state index contributed by atoms with van der Waals surface area (Å²) in [5.74, 6) is 1.10. The summed E-state index contributed by atoms with van der Waals surface area (Å²) in [6.07, 6.45) is 11.9. The van der Waals surface area contributed by atoms with Crippen LogP contribution < -0.4 is 37.6 Å². The molecule has 12 heteroatoms. The van der Waals surface area contributed by atoms with Gasteiger partial charge in [-0.05, 0) is 109 Å². The minimum absolute atomic E-state index is 0.000557. The summed E-state index contributed by atoms with van der Waals surface area (Å²) in [5.41, 5.74) is 28.2. The second-order valence-electron chi connectivity index (χ2n) is 17.9. The minimum Gasteiger partial charge on any atom is -0.384 e. The number of nitrogens with two attached hydrogens (primary N) is 3. The van der Waals surface area contributed by atoms with E-state index in [0.717, 1.165) is 89.0 Å². The largest absolute Gasteiger partial charge is 0.384 e. The van der Waals surface area contributed by atoms with Crippen molar-refractivity contribution in [2.75, 3.05) is 9.80 Å². The molecule has 10 N–H and O–H groups in total. The number of amidine groups is 2. The van der Waals surface area contributed by atoms with Gasteiger partial charge in [-0.1, -0.05) is 80.6 Å². The van der Waals surface area contributed by atoms with Crippen LogP contribution in [0, 0.1) is 10.8 Å². The second kappa shape index (κ2) is 18.8. The number of nitrogens with zero attached hydrogens (tertiary/aromatic N) is 2. The summed E-state index contributed by atoms with van der Waals surface area (Å²) in [6.45, 7) is 5.48. The average Bonchev–Trinajstić information content (AvgIpc) is 3.81. The first-order chi connectivity index (χ1) is 29.9. The first-order valence-electron chi connectivity index (χ1n) is 22.2. The van der Waals surface area contributed by atoms with Crippen molar-refractivity contribution < 1.29 is 9.59 Å². The Morgan fingerprint density at radius 3 is 1.94 bits per heavy atom. The SMILES string of the molecule is CC(C)c1ccc(CN2c3cc(C(=N)N)c(CSc4ccc(CN5c6cc(C(=N)N)ccc6CC5C(=O)NC5CCC(N)CC5)cc4)cc3CC2C(=O)N[C@H]2CC=CCC2)cc1. The number of carbonyl (C=O) groups is 2. The van der Waals surface area contributed by atoms with E-state index in [4.69, 9.17) is 28.0 Å². The van der Waals surface area contributed by atoms with Gasteiger partial charge in [-0.15, -0.1) is 11.8 Å². The average molecular weight is 852 g/mol. The van der Waals surface area contributed by atoms with Crippen molar-refractivity contribution in [2.45, 2.75) is 131 Å². The zero-order chi connectivity index (χ0) is 43.5. The molecular formula is C50H61N9O2S. The molecule has 2 aliphatic heterocycles. The molecule has 2 amide bonds. The third-order valence-corrected chi connectivity index (χ3v) is 14.3. The molecule has 0 radical (unpaired) electrons. The van der Waals surface area contributed by atoms with Gasteiger partial charge < -0.3 is 37.6 Å². The lowest BCUT2D eigenvalue weighted by Crippen LogP contribution is -2.49. The maximum atomic E-state index is 14.0. The number of amides is 2. The van der Waals surface area contributed by atoms with Crippen molar-refractivity contribution in [3.8, 4) is 0 Å². The minimum atomic E-state index is -0.377. The molecular weight excluding hydrogens is 791 g/mol. The van der Waals surface area contributed by atoms with Gasteiger partial charge >= 0.3 is 0 Å². The van der Waals surface area contributed by atoms with Gasteiger partial charge in [-0.2, -0.15) is 0 Å². The topological polar surface area (TPSA) is 190 Å². The molecule has 2 aliphatic carbocycles. The Bertz CT molecular complexity index is 2340. The Labute approximate surface area is 370 Å². The maximum Gasteiger partial charge on any atom is 0.243 e. The zero-order valence-electron chi connectivity index (χ0n) is 36.0. The van der Waals surface area contributed by atoms with E-state index in [9.17, 15) is 9.59 Å². The molecule has 2 unspecified atom stereocenters. The Morgan fingerprint density at radius 2 is 1.34 bits per heavy atom. The highest BCUT2D eigenvalue weighted by Crippen LogP contribution is 2.39. The number of hydrogen-bond acceptors (Lipinski definition) is 8. The molecule has 4 aromatic carbocycles. The molecule has 1 fully saturated rings. The fraction of sp³-hybridized carbons (Fsp3) is 0.400. The fourth-order valence-electron chi connectivity index (χ4n) is 9.52. The molecule has 62 heavy (non-hydrogen) atoms. The summed E-state index contributed by atoms with van der Waals surface area (Å²) < 4.78 is 0. The first kappa shape index (κ1) is 43.1. The van der Waals surface area contributed by atoms with Crippen molar-refractivity contribution in [1.29, 1.82) is 10.8 Å². The number of thioether (sulfide) groups is 1. The van der Waals surface area contributed by atoms with Crippen LogP contribution in [0.25, 0.3) is 0 Å². The van der Waals surface area contributed by atoms with E-state index in [1.165, 1.54) is 5.56 Å². The van der Waals surface area contributed by atoms with E-state index in [1.54, 1.807) is 11.8 Å². The highest BCUT2D eigenvalue weighted by molar-refractivity contribution is 7.98. The van der Waals surface area contributed by atoms with Gasteiger partial charge in [-0.25, -0.2) is 0 Å². The Hall–Kier alpha value is -5.59. The number of rotatable bonds is 14. The summed E-state index contributed by atoms with van der Waals surface area (Å²) in [7, 11) is 0. The van der Waals surface area contributed by atoms with Crippen LogP contribution in [0.15, 0.2) is 95.9 Å². The molecule has 11 nitrogen and oxygen atoms in total. The molecule has 4 aromatic rings. The molecule has 3 atom stereocenters. The molecule has 1 saturated carbocycles. The number of benzene rings is 4. The van der Waals surface area contributed by atoms with Gasteiger partial charge in [0.05, 0.1) is 0 Å². The second-order valence-corrected chi connectivity index (χ2v) is 19.0. The van der Waals surface area contributed by atoms with Crippen molar-refractivity contribution >= 4 is 46.6 Å². The van der Waals surface area contributed by atoms with E-state index in [1.807, 2.05) is 24.3 Å². The number of allylic oxidation sites excluding steroid dienone is 1. The van der Waals surface area contributed by atoms with Gasteiger partial charge in [0, 0.05) is 77.2 Å². The Morgan fingerprint density at radius 1 is 0.726 bits per heavy atom. The Balaban J connectivity index is 0.991. The van der Waals surface area contributed by atoms with Crippen LogP contribution in [0.2, 0.25) is 0 Å². The molecule has 0 bridgehead atoms. The van der Waals surface area contributed by atoms with Gasteiger partial charge in [0.25, 0.3) is 0 Å². The third kappa shape index (κ3) is 9.71. The number of carbonyl (C=O) groups excluding carboxylic acids is 2. The number of nitrogens with one attached hydrogen (secondary N) is 4. The molecule has 0 spiro atoms. The summed E-state index contributed by atoms with van der Waals surface area (Å²) in [6, 6.07) is 26.8. The van der Waals surface area contributed by atoms with Crippen LogP contribution in [-0.4, -0.2) is 53.7 Å². The lowest BCUT2D eigenvalue weighted by Gasteiger charge is -2.31. The van der Waals surface area contributed by atoms with Crippen molar-refractivity contribution in [3.63, 3.8) is 0 Å². The molecule has 2 heterocycles. The summed E-state index contributed by atoms with van der Waals surface area (Å²) in [4.78, 5) is 33.3. The van der Waals surface area contributed by atoms with Crippen molar-refractivity contribution in [3.05, 3.63) is 136 Å². The fourth-order valence-corrected chi connectivity index (χ4v) is 10.4. The highest BCUT2D eigenvalue weighted by atomic mass is 32.2. The monoisotopic (exact) mass is 851 g/mol. The standard InChI is InChI=1S/C50H61N9O2S/c1-30(2)33-12-8-31(9-13-33)27-59-44-26-42(48(54)55)37(22-36(44)25-46(59)50(61)56-39-6-4-3-5-7-39)29-62-41-20-10-32(11-21-41)28-58-43-24-35(47(52)53)15-14-34(43)23-45(58)49(60)57-40-18-16-38(51)17-19-40/h3-4,8-15,20-22,24,26,30,38-40,45-46H,5-7,16-19,23,25,27-29,51H2,1-2H3,(H3,52,53)(H3,54,55)(H,56,61)(H,57,60)/t38?,39-,40?,45?,46?/m0/s1. The third-order valence-electron chi connectivity index (χ3n) is 13.2.